The summed E-state index contributed by atoms with van der Waals surface area (Å²) in [6.45, 7) is 5.53. The molecule has 110 valence electrons. The quantitative estimate of drug-likeness (QED) is 0.932. The van der Waals surface area contributed by atoms with E-state index in [0.29, 0.717) is 18.1 Å². The molecule has 1 saturated heterocycles. The fourth-order valence-electron chi connectivity index (χ4n) is 2.40. The Bertz CT molecular complexity index is 488. The molecular weight excluding hydrogens is 283 g/mol. The van der Waals surface area contributed by atoms with Gasteiger partial charge in [0.2, 0.25) is 5.91 Å². The number of rotatable bonds is 3. The molecule has 0 radical (unpaired) electrons. The van der Waals surface area contributed by atoms with E-state index in [1.165, 1.54) is 18.2 Å². The van der Waals surface area contributed by atoms with E-state index in [-0.39, 0.29) is 30.3 Å². The molecule has 1 heterocycles. The second kappa shape index (κ2) is 6.52. The lowest BCUT2D eigenvalue weighted by atomic mass is 10.2. The molecule has 1 aliphatic rings. The third-order valence-corrected chi connectivity index (χ3v) is 3.30. The molecule has 1 aromatic carbocycles. The highest BCUT2D eigenvalue weighted by Gasteiger charge is 2.23. The fourth-order valence-corrected chi connectivity index (χ4v) is 2.57. The van der Waals surface area contributed by atoms with E-state index in [9.17, 15) is 9.18 Å². The van der Waals surface area contributed by atoms with Gasteiger partial charge in [-0.2, -0.15) is 0 Å². The predicted octanol–water partition coefficient (Wildman–Crippen LogP) is 2.53. The van der Waals surface area contributed by atoms with Crippen LogP contribution >= 0.6 is 11.6 Å². The summed E-state index contributed by atoms with van der Waals surface area (Å²) in [5.74, 6) is -0.751. The minimum absolute atomic E-state index is 0.0921. The van der Waals surface area contributed by atoms with Crippen molar-refractivity contribution in [3.05, 3.63) is 29.0 Å². The molecule has 1 aliphatic heterocycles. The maximum absolute atomic E-state index is 13.5. The number of carbonyl (C=O) groups excluding carboxylic acids is 1. The first kappa shape index (κ1) is 15.2. The third kappa shape index (κ3) is 4.16. The summed E-state index contributed by atoms with van der Waals surface area (Å²) in [6, 6.07) is 4.08. The highest BCUT2D eigenvalue weighted by molar-refractivity contribution is 6.30. The normalized spacial score (nSPS) is 23.6. The largest absolute Gasteiger partial charge is 0.373 e. The van der Waals surface area contributed by atoms with E-state index in [2.05, 4.69) is 5.32 Å². The van der Waals surface area contributed by atoms with Crippen LogP contribution < -0.4 is 5.32 Å². The van der Waals surface area contributed by atoms with E-state index in [1.54, 1.807) is 0 Å². The van der Waals surface area contributed by atoms with Crippen LogP contribution in [-0.4, -0.2) is 42.6 Å². The predicted molar refractivity (Wildman–Crippen MR) is 76.5 cm³/mol. The van der Waals surface area contributed by atoms with E-state index < -0.39 is 5.82 Å². The maximum atomic E-state index is 13.5. The molecule has 0 spiro atoms. The zero-order valence-electron chi connectivity index (χ0n) is 11.5. The smallest absolute Gasteiger partial charge is 0.238 e. The van der Waals surface area contributed by atoms with Crippen molar-refractivity contribution in [2.45, 2.75) is 26.1 Å². The Morgan fingerprint density at radius 3 is 2.75 bits per heavy atom. The van der Waals surface area contributed by atoms with Crippen LogP contribution in [0, 0.1) is 5.82 Å². The van der Waals surface area contributed by atoms with Gasteiger partial charge >= 0.3 is 0 Å². The number of nitrogens with zero attached hydrogens (tertiary/aromatic N) is 1. The van der Waals surface area contributed by atoms with Crippen LogP contribution in [0.1, 0.15) is 13.8 Å². The van der Waals surface area contributed by atoms with Crippen molar-refractivity contribution in [1.29, 1.82) is 0 Å². The van der Waals surface area contributed by atoms with Crippen LogP contribution in [0.2, 0.25) is 5.02 Å². The summed E-state index contributed by atoms with van der Waals surface area (Å²) >= 11 is 5.79. The topological polar surface area (TPSA) is 41.6 Å². The molecule has 20 heavy (non-hydrogen) atoms. The van der Waals surface area contributed by atoms with Gasteiger partial charge in [0.15, 0.2) is 0 Å². The van der Waals surface area contributed by atoms with Crippen molar-refractivity contribution in [2.24, 2.45) is 0 Å². The number of ether oxygens (including phenoxy) is 1. The number of hydrogen-bond acceptors (Lipinski definition) is 3. The van der Waals surface area contributed by atoms with Crippen molar-refractivity contribution in [3.8, 4) is 0 Å². The lowest BCUT2D eigenvalue weighted by Crippen LogP contribution is -2.48. The number of morpholine rings is 1. The highest BCUT2D eigenvalue weighted by Crippen LogP contribution is 2.19. The number of benzene rings is 1. The van der Waals surface area contributed by atoms with Crippen molar-refractivity contribution in [2.75, 3.05) is 25.0 Å². The summed E-state index contributed by atoms with van der Waals surface area (Å²) in [5.41, 5.74) is 0.108. The molecule has 1 N–H and O–H groups in total. The molecule has 0 saturated carbocycles. The molecule has 2 unspecified atom stereocenters. The van der Waals surface area contributed by atoms with Crippen LogP contribution in [0.15, 0.2) is 18.2 Å². The lowest BCUT2D eigenvalue weighted by Gasteiger charge is -2.34. The average molecular weight is 301 g/mol. The second-order valence-corrected chi connectivity index (χ2v) is 5.56. The summed E-state index contributed by atoms with van der Waals surface area (Å²) in [4.78, 5) is 14.0. The van der Waals surface area contributed by atoms with Crippen molar-refractivity contribution < 1.29 is 13.9 Å². The molecule has 1 aromatic rings. The molecule has 2 rings (SSSR count). The molecule has 2 atom stereocenters. The Kier molecular flexibility index (Phi) is 4.96. The number of hydrogen-bond donors (Lipinski definition) is 1. The standard InChI is InChI=1S/C14H18ClFN2O2/c1-9-6-18(7-10(2)20-9)8-14(19)17-13-5-11(15)3-4-12(13)16/h3-5,9-10H,6-8H2,1-2H3,(H,17,19). The molecule has 0 bridgehead atoms. The van der Waals surface area contributed by atoms with Crippen LogP contribution in [0.4, 0.5) is 10.1 Å². The molecule has 1 fully saturated rings. The molecule has 0 aromatic heterocycles. The number of nitrogens with one attached hydrogen (secondary N) is 1. The highest BCUT2D eigenvalue weighted by atomic mass is 35.5. The van der Waals surface area contributed by atoms with Crippen molar-refractivity contribution >= 4 is 23.2 Å². The maximum Gasteiger partial charge on any atom is 0.238 e. The van der Waals surface area contributed by atoms with Crippen LogP contribution in [-0.2, 0) is 9.53 Å². The van der Waals surface area contributed by atoms with Gasteiger partial charge < -0.3 is 10.1 Å². The van der Waals surface area contributed by atoms with Gasteiger partial charge in [-0.3, -0.25) is 9.69 Å². The van der Waals surface area contributed by atoms with Crippen LogP contribution in [0.5, 0.6) is 0 Å². The Balaban J connectivity index is 1.93. The van der Waals surface area contributed by atoms with Crippen LogP contribution in [0.25, 0.3) is 0 Å². The minimum Gasteiger partial charge on any atom is -0.373 e. The van der Waals surface area contributed by atoms with Gasteiger partial charge in [0, 0.05) is 18.1 Å². The van der Waals surface area contributed by atoms with Gasteiger partial charge in [0.05, 0.1) is 24.4 Å². The minimum atomic E-state index is -0.494. The molecule has 4 nitrogen and oxygen atoms in total. The number of carbonyl (C=O) groups is 1. The lowest BCUT2D eigenvalue weighted by molar-refractivity contribution is -0.121. The van der Waals surface area contributed by atoms with Crippen LogP contribution in [0.3, 0.4) is 0 Å². The van der Waals surface area contributed by atoms with Gasteiger partial charge in [-0.1, -0.05) is 11.6 Å². The SMILES string of the molecule is CC1CN(CC(=O)Nc2cc(Cl)ccc2F)CC(C)O1. The van der Waals surface area contributed by atoms with Gasteiger partial charge in [0.25, 0.3) is 0 Å². The van der Waals surface area contributed by atoms with Gasteiger partial charge in [-0.25, -0.2) is 4.39 Å². The first-order valence-corrected chi connectivity index (χ1v) is 6.94. The van der Waals surface area contributed by atoms with Gasteiger partial charge in [-0.05, 0) is 32.0 Å². The second-order valence-electron chi connectivity index (χ2n) is 5.12. The van der Waals surface area contributed by atoms with Crippen molar-refractivity contribution in [3.63, 3.8) is 0 Å². The number of amides is 1. The van der Waals surface area contributed by atoms with E-state index in [4.69, 9.17) is 16.3 Å². The zero-order valence-corrected chi connectivity index (χ0v) is 12.3. The number of anilines is 1. The van der Waals surface area contributed by atoms with Crippen molar-refractivity contribution in [1.82, 2.24) is 4.90 Å². The Hall–Kier alpha value is -1.17. The first-order valence-electron chi connectivity index (χ1n) is 6.56. The summed E-state index contributed by atoms with van der Waals surface area (Å²) < 4.78 is 19.1. The molecule has 1 amide bonds. The summed E-state index contributed by atoms with van der Waals surface area (Å²) in [7, 11) is 0. The molecular formula is C14H18ClFN2O2. The van der Waals surface area contributed by atoms with Gasteiger partial charge in [0.1, 0.15) is 5.82 Å². The Morgan fingerprint density at radius 1 is 1.45 bits per heavy atom. The number of halogens is 2. The third-order valence-electron chi connectivity index (χ3n) is 3.06. The summed E-state index contributed by atoms with van der Waals surface area (Å²) in [5, 5.41) is 2.93. The van der Waals surface area contributed by atoms with Gasteiger partial charge in [-0.15, -0.1) is 0 Å². The van der Waals surface area contributed by atoms with E-state index >= 15 is 0 Å². The summed E-state index contributed by atoms with van der Waals surface area (Å²) in [6.07, 6.45) is 0.184. The fraction of sp³-hybridized carbons (Fsp3) is 0.500. The molecule has 0 aliphatic carbocycles. The monoisotopic (exact) mass is 300 g/mol. The average Bonchev–Trinajstić information content (AvgIpc) is 2.32. The zero-order chi connectivity index (χ0) is 14.7. The Morgan fingerprint density at radius 2 is 2.10 bits per heavy atom. The van der Waals surface area contributed by atoms with E-state index in [1.807, 2.05) is 18.7 Å². The Labute approximate surface area is 122 Å². The van der Waals surface area contributed by atoms with E-state index in [0.717, 1.165) is 0 Å². The molecule has 6 heteroatoms. The first-order chi connectivity index (χ1) is 9.44.